The second-order valence-corrected chi connectivity index (χ2v) is 5.54. The lowest BCUT2D eigenvalue weighted by atomic mass is 10.2. The first-order chi connectivity index (χ1) is 10.2. The van der Waals surface area contributed by atoms with Gasteiger partial charge in [-0.3, -0.25) is 0 Å². The molecule has 1 N–H and O–H groups in total. The summed E-state index contributed by atoms with van der Waals surface area (Å²) in [5.74, 6) is 0.829. The van der Waals surface area contributed by atoms with Gasteiger partial charge in [0.25, 0.3) is 0 Å². The molecule has 1 unspecified atom stereocenters. The maximum absolute atomic E-state index is 9.51. The molecule has 2 aromatic rings. The van der Waals surface area contributed by atoms with Crippen LogP contribution in [-0.2, 0) is 6.54 Å². The lowest BCUT2D eigenvalue weighted by Crippen LogP contribution is -2.56. The molecule has 0 bridgehead atoms. The Bertz CT molecular complexity index is 484. The number of aliphatic hydroxyl groups excluding tert-OH is 1. The topological polar surface area (TPSA) is 29.5 Å². The van der Waals surface area contributed by atoms with Gasteiger partial charge in [-0.1, -0.05) is 48.5 Å². The van der Waals surface area contributed by atoms with Gasteiger partial charge in [-0.05, 0) is 26.0 Å². The van der Waals surface area contributed by atoms with Gasteiger partial charge in [-0.2, -0.15) is 0 Å². The van der Waals surface area contributed by atoms with Crippen LogP contribution in [0, 0.1) is 0 Å². The highest BCUT2D eigenvalue weighted by Crippen LogP contribution is 2.24. The van der Waals surface area contributed by atoms with Crippen LogP contribution in [0.15, 0.2) is 60.7 Å². The van der Waals surface area contributed by atoms with Gasteiger partial charge in [0.1, 0.15) is 19.1 Å². The molecule has 0 amide bonds. The molecular formula is C18H24NO2+. The van der Waals surface area contributed by atoms with E-state index < -0.39 is 0 Å². The van der Waals surface area contributed by atoms with Crippen molar-refractivity contribution in [3.63, 3.8) is 0 Å². The lowest BCUT2D eigenvalue weighted by molar-refractivity contribution is -1.10. The molecule has 0 radical (unpaired) electrons. The summed E-state index contributed by atoms with van der Waals surface area (Å²) in [5.41, 5.74) is 1.20. The standard InChI is InChI=1S/C18H24NO2/c1-16(2)19(13-14-20,15-17-9-5-3-6-10-17)21-18-11-7-4-8-12-18/h3-12,16,20H,13-15H2,1-2H3/q+1. The monoisotopic (exact) mass is 286 g/mol. The summed E-state index contributed by atoms with van der Waals surface area (Å²) in [4.78, 5) is 6.29. The van der Waals surface area contributed by atoms with Crippen molar-refractivity contribution in [3.8, 4) is 5.75 Å². The first kappa shape index (κ1) is 15.5. The minimum absolute atomic E-state index is 0.0951. The Hall–Kier alpha value is -1.84. The van der Waals surface area contributed by atoms with E-state index in [2.05, 4.69) is 26.0 Å². The summed E-state index contributed by atoms with van der Waals surface area (Å²) in [6, 6.07) is 20.3. The minimum atomic E-state index is 0.0951. The van der Waals surface area contributed by atoms with Gasteiger partial charge >= 0.3 is 0 Å². The minimum Gasteiger partial charge on any atom is -0.390 e. The summed E-state index contributed by atoms with van der Waals surface area (Å²) in [7, 11) is 0. The molecule has 2 rings (SSSR count). The summed E-state index contributed by atoms with van der Waals surface area (Å²) in [6.07, 6.45) is 0. The zero-order valence-corrected chi connectivity index (χ0v) is 12.8. The van der Waals surface area contributed by atoms with Crippen molar-refractivity contribution in [3.05, 3.63) is 66.2 Å². The number of benzene rings is 2. The lowest BCUT2D eigenvalue weighted by Gasteiger charge is -2.38. The molecule has 0 saturated heterocycles. The van der Waals surface area contributed by atoms with Gasteiger partial charge in [0.15, 0.2) is 5.75 Å². The van der Waals surface area contributed by atoms with Crippen LogP contribution < -0.4 is 4.84 Å². The molecule has 0 saturated carbocycles. The van der Waals surface area contributed by atoms with E-state index in [4.69, 9.17) is 4.84 Å². The summed E-state index contributed by atoms with van der Waals surface area (Å²) in [5, 5.41) is 9.51. The fourth-order valence-electron chi connectivity index (χ4n) is 2.46. The van der Waals surface area contributed by atoms with Crippen LogP contribution in [0.2, 0.25) is 0 Å². The molecule has 0 aliphatic rings. The van der Waals surface area contributed by atoms with E-state index in [0.717, 1.165) is 12.3 Å². The van der Waals surface area contributed by atoms with Crippen molar-refractivity contribution < 1.29 is 14.6 Å². The average molecular weight is 286 g/mol. The van der Waals surface area contributed by atoms with Crippen LogP contribution in [0.25, 0.3) is 0 Å². The molecule has 2 aromatic carbocycles. The van der Waals surface area contributed by atoms with Gasteiger partial charge in [0.05, 0.1) is 6.61 Å². The predicted molar refractivity (Wildman–Crippen MR) is 84.6 cm³/mol. The Morgan fingerprint density at radius 1 is 0.952 bits per heavy atom. The molecule has 112 valence electrons. The average Bonchev–Trinajstić information content (AvgIpc) is 2.49. The second-order valence-electron chi connectivity index (χ2n) is 5.54. The molecule has 0 heterocycles. The van der Waals surface area contributed by atoms with Crippen molar-refractivity contribution in [2.75, 3.05) is 13.2 Å². The second kappa shape index (κ2) is 7.25. The molecule has 0 aliphatic heterocycles. The smallest absolute Gasteiger partial charge is 0.190 e. The SMILES string of the molecule is CC(C)[N+](CCO)(Cc1ccccc1)Oc1ccccc1. The zero-order valence-electron chi connectivity index (χ0n) is 12.8. The number of rotatable bonds is 7. The maximum atomic E-state index is 9.51. The molecule has 3 heteroatoms. The largest absolute Gasteiger partial charge is 0.390 e. The van der Waals surface area contributed by atoms with E-state index in [1.165, 1.54) is 5.56 Å². The van der Waals surface area contributed by atoms with E-state index in [1.807, 2.05) is 48.5 Å². The van der Waals surface area contributed by atoms with Crippen molar-refractivity contribution in [2.24, 2.45) is 0 Å². The van der Waals surface area contributed by atoms with E-state index in [-0.39, 0.29) is 12.6 Å². The zero-order chi connectivity index (χ0) is 15.1. The first-order valence-electron chi connectivity index (χ1n) is 7.42. The normalized spacial score (nSPS) is 13.9. The predicted octanol–water partition coefficient (Wildman–Crippen LogP) is 3.40. The quantitative estimate of drug-likeness (QED) is 0.624. The first-order valence-corrected chi connectivity index (χ1v) is 7.42. The molecule has 1 atom stereocenters. The van der Waals surface area contributed by atoms with Crippen LogP contribution in [0.5, 0.6) is 5.75 Å². The van der Waals surface area contributed by atoms with Gasteiger partial charge < -0.3 is 9.94 Å². The number of para-hydroxylation sites is 1. The van der Waals surface area contributed by atoms with Crippen molar-refractivity contribution in [1.29, 1.82) is 0 Å². The summed E-state index contributed by atoms with van der Waals surface area (Å²) >= 11 is 0. The van der Waals surface area contributed by atoms with Crippen molar-refractivity contribution in [1.82, 2.24) is 0 Å². The summed E-state index contributed by atoms with van der Waals surface area (Å²) < 4.78 is 0.379. The Labute approximate surface area is 127 Å². The van der Waals surface area contributed by atoms with Gasteiger partial charge in [0, 0.05) is 5.56 Å². The third-order valence-corrected chi connectivity index (χ3v) is 3.74. The summed E-state index contributed by atoms with van der Waals surface area (Å²) in [6.45, 7) is 5.64. The Kier molecular flexibility index (Phi) is 5.37. The Balaban J connectivity index is 2.28. The fourth-order valence-corrected chi connectivity index (χ4v) is 2.46. The van der Waals surface area contributed by atoms with Gasteiger partial charge in [-0.25, -0.2) is 0 Å². The van der Waals surface area contributed by atoms with Crippen LogP contribution in [-0.4, -0.2) is 28.9 Å². The molecular weight excluding hydrogens is 262 g/mol. The molecule has 21 heavy (non-hydrogen) atoms. The van der Waals surface area contributed by atoms with Crippen LogP contribution in [0.1, 0.15) is 19.4 Å². The van der Waals surface area contributed by atoms with Crippen molar-refractivity contribution in [2.45, 2.75) is 26.4 Å². The Morgan fingerprint density at radius 3 is 2.05 bits per heavy atom. The number of hydrogen-bond donors (Lipinski definition) is 1. The van der Waals surface area contributed by atoms with Gasteiger partial charge in [0.2, 0.25) is 0 Å². The Morgan fingerprint density at radius 2 is 1.52 bits per heavy atom. The molecule has 0 aromatic heterocycles. The highest BCUT2D eigenvalue weighted by Gasteiger charge is 2.35. The molecule has 0 aliphatic carbocycles. The van der Waals surface area contributed by atoms with E-state index in [0.29, 0.717) is 11.2 Å². The molecule has 0 fully saturated rings. The fraction of sp³-hybridized carbons (Fsp3) is 0.333. The number of aliphatic hydroxyl groups is 1. The number of hydrogen-bond acceptors (Lipinski definition) is 2. The third-order valence-electron chi connectivity index (χ3n) is 3.74. The molecule has 0 spiro atoms. The van der Waals surface area contributed by atoms with Crippen LogP contribution in [0.4, 0.5) is 0 Å². The highest BCUT2D eigenvalue weighted by molar-refractivity contribution is 5.20. The third kappa shape index (κ3) is 4.06. The van der Waals surface area contributed by atoms with Crippen LogP contribution in [0.3, 0.4) is 0 Å². The molecule has 3 nitrogen and oxygen atoms in total. The van der Waals surface area contributed by atoms with E-state index >= 15 is 0 Å². The van der Waals surface area contributed by atoms with E-state index in [1.54, 1.807) is 0 Å². The number of nitrogens with zero attached hydrogens (tertiary/aromatic N) is 1. The van der Waals surface area contributed by atoms with E-state index in [9.17, 15) is 5.11 Å². The number of hydroxylamine groups is 3. The van der Waals surface area contributed by atoms with Crippen LogP contribution >= 0.6 is 0 Å². The maximum Gasteiger partial charge on any atom is 0.190 e. The highest BCUT2D eigenvalue weighted by atomic mass is 16.7. The van der Waals surface area contributed by atoms with Gasteiger partial charge in [-0.15, -0.1) is 4.65 Å². The van der Waals surface area contributed by atoms with Crippen molar-refractivity contribution >= 4 is 0 Å². The number of quaternary nitrogens is 1.